The van der Waals surface area contributed by atoms with Crippen LogP contribution in [0, 0.1) is 0 Å². The highest BCUT2D eigenvalue weighted by molar-refractivity contribution is 5.74. The standard InChI is InChI=1S/C14H23N5O2/c1-10(2)17-14(20)18(3)11-5-8-19(9-11)12-13(21-4)16-7-6-15-12/h6-7,10-11H,5,8-9H2,1-4H3,(H,17,20)/t11-/m0/s1. The van der Waals surface area contributed by atoms with Crippen LogP contribution in [0.3, 0.4) is 0 Å². The second-order valence-corrected chi connectivity index (χ2v) is 5.49. The highest BCUT2D eigenvalue weighted by Gasteiger charge is 2.30. The Hall–Kier alpha value is -2.05. The molecule has 1 aromatic heterocycles. The van der Waals surface area contributed by atoms with E-state index in [0.29, 0.717) is 5.88 Å². The van der Waals surface area contributed by atoms with E-state index < -0.39 is 0 Å². The molecule has 1 aliphatic heterocycles. The summed E-state index contributed by atoms with van der Waals surface area (Å²) < 4.78 is 5.25. The molecule has 1 aromatic rings. The Balaban J connectivity index is 2.01. The predicted molar refractivity (Wildman–Crippen MR) is 80.6 cm³/mol. The summed E-state index contributed by atoms with van der Waals surface area (Å²) >= 11 is 0. The molecule has 0 aliphatic carbocycles. The van der Waals surface area contributed by atoms with Crippen LogP contribution < -0.4 is 15.0 Å². The topological polar surface area (TPSA) is 70.6 Å². The number of carbonyl (C=O) groups is 1. The van der Waals surface area contributed by atoms with Gasteiger partial charge in [0.15, 0.2) is 5.82 Å². The third-order valence-corrected chi connectivity index (χ3v) is 3.58. The maximum atomic E-state index is 12.1. The smallest absolute Gasteiger partial charge is 0.317 e. The van der Waals surface area contributed by atoms with E-state index in [4.69, 9.17) is 4.74 Å². The molecule has 1 atom stereocenters. The van der Waals surface area contributed by atoms with Crippen LogP contribution in [-0.4, -0.2) is 60.2 Å². The van der Waals surface area contributed by atoms with Crippen LogP contribution in [0.2, 0.25) is 0 Å². The van der Waals surface area contributed by atoms with Gasteiger partial charge in [0.1, 0.15) is 0 Å². The maximum absolute atomic E-state index is 12.1. The van der Waals surface area contributed by atoms with Crippen molar-refractivity contribution in [3.8, 4) is 5.88 Å². The first-order chi connectivity index (χ1) is 10.0. The molecule has 0 spiro atoms. The second-order valence-electron chi connectivity index (χ2n) is 5.49. The van der Waals surface area contributed by atoms with Gasteiger partial charge in [0.2, 0.25) is 0 Å². The summed E-state index contributed by atoms with van der Waals surface area (Å²) in [6.45, 7) is 5.48. The van der Waals surface area contributed by atoms with E-state index in [1.807, 2.05) is 20.9 Å². The van der Waals surface area contributed by atoms with E-state index in [0.717, 1.165) is 25.3 Å². The van der Waals surface area contributed by atoms with E-state index in [9.17, 15) is 4.79 Å². The summed E-state index contributed by atoms with van der Waals surface area (Å²) in [5, 5.41) is 2.91. The largest absolute Gasteiger partial charge is 0.478 e. The lowest BCUT2D eigenvalue weighted by molar-refractivity contribution is 0.191. The Kier molecular flexibility index (Phi) is 4.82. The molecule has 7 nitrogen and oxygen atoms in total. The molecule has 116 valence electrons. The van der Waals surface area contributed by atoms with Gasteiger partial charge < -0.3 is 19.9 Å². The fraction of sp³-hybridized carbons (Fsp3) is 0.643. The van der Waals surface area contributed by atoms with Crippen molar-refractivity contribution in [2.75, 3.05) is 32.1 Å². The molecule has 0 unspecified atom stereocenters. The Morgan fingerprint density at radius 1 is 1.48 bits per heavy atom. The molecular formula is C14H23N5O2. The minimum Gasteiger partial charge on any atom is -0.478 e. The van der Waals surface area contributed by atoms with Gasteiger partial charge in [0.25, 0.3) is 5.88 Å². The molecule has 21 heavy (non-hydrogen) atoms. The van der Waals surface area contributed by atoms with Gasteiger partial charge in [-0.1, -0.05) is 0 Å². The summed E-state index contributed by atoms with van der Waals surface area (Å²) in [5.74, 6) is 1.26. The van der Waals surface area contributed by atoms with Gasteiger partial charge in [-0.3, -0.25) is 0 Å². The third kappa shape index (κ3) is 3.53. The van der Waals surface area contributed by atoms with Crippen molar-refractivity contribution in [2.45, 2.75) is 32.4 Å². The number of hydrogen-bond donors (Lipinski definition) is 1. The summed E-state index contributed by atoms with van der Waals surface area (Å²) in [5.41, 5.74) is 0. The van der Waals surface area contributed by atoms with Gasteiger partial charge in [-0.25, -0.2) is 14.8 Å². The minimum atomic E-state index is -0.0389. The molecule has 1 aliphatic rings. The number of urea groups is 1. The molecule has 2 rings (SSSR count). The van der Waals surface area contributed by atoms with Crippen LogP contribution in [0.5, 0.6) is 5.88 Å². The van der Waals surface area contributed by atoms with Crippen LogP contribution in [0.15, 0.2) is 12.4 Å². The number of nitrogens with one attached hydrogen (secondary N) is 1. The first-order valence-electron chi connectivity index (χ1n) is 7.16. The van der Waals surface area contributed by atoms with Gasteiger partial charge in [-0.05, 0) is 20.3 Å². The SMILES string of the molecule is COc1nccnc1N1CC[C@H](N(C)C(=O)NC(C)C)C1. The van der Waals surface area contributed by atoms with Gasteiger partial charge in [-0.15, -0.1) is 0 Å². The number of methoxy groups -OCH3 is 1. The first kappa shape index (κ1) is 15.3. The summed E-state index contributed by atoms with van der Waals surface area (Å²) in [7, 11) is 3.42. The third-order valence-electron chi connectivity index (χ3n) is 3.58. The number of carbonyl (C=O) groups excluding carboxylic acids is 1. The van der Waals surface area contributed by atoms with Crippen molar-refractivity contribution >= 4 is 11.8 Å². The Labute approximate surface area is 125 Å². The highest BCUT2D eigenvalue weighted by atomic mass is 16.5. The monoisotopic (exact) mass is 293 g/mol. The van der Waals surface area contributed by atoms with Crippen molar-refractivity contribution in [3.63, 3.8) is 0 Å². The molecule has 0 radical (unpaired) electrons. The van der Waals surface area contributed by atoms with E-state index in [2.05, 4.69) is 20.2 Å². The zero-order valence-corrected chi connectivity index (χ0v) is 13.0. The second kappa shape index (κ2) is 6.60. The molecule has 2 heterocycles. The van der Waals surface area contributed by atoms with Crippen LogP contribution in [0.4, 0.5) is 10.6 Å². The predicted octanol–water partition coefficient (Wildman–Crippen LogP) is 1.11. The lowest BCUT2D eigenvalue weighted by atomic mass is 10.2. The molecule has 1 saturated heterocycles. The fourth-order valence-electron chi connectivity index (χ4n) is 2.44. The van der Waals surface area contributed by atoms with Crippen LogP contribution in [0.25, 0.3) is 0 Å². The molecule has 0 saturated carbocycles. The van der Waals surface area contributed by atoms with Gasteiger partial charge in [0, 0.05) is 38.6 Å². The molecule has 1 fully saturated rings. The Morgan fingerprint density at radius 2 is 2.19 bits per heavy atom. The number of hydrogen-bond acceptors (Lipinski definition) is 5. The highest BCUT2D eigenvalue weighted by Crippen LogP contribution is 2.27. The first-order valence-corrected chi connectivity index (χ1v) is 7.16. The number of amides is 2. The van der Waals surface area contributed by atoms with Crippen molar-refractivity contribution in [3.05, 3.63) is 12.4 Å². The van der Waals surface area contributed by atoms with Crippen molar-refractivity contribution < 1.29 is 9.53 Å². The molecule has 0 aromatic carbocycles. The number of aromatic nitrogens is 2. The molecule has 2 amide bonds. The lowest BCUT2D eigenvalue weighted by Gasteiger charge is -2.26. The van der Waals surface area contributed by atoms with Gasteiger partial charge in [-0.2, -0.15) is 0 Å². The van der Waals surface area contributed by atoms with E-state index in [-0.39, 0.29) is 18.1 Å². The minimum absolute atomic E-state index is 0.0389. The van der Waals surface area contributed by atoms with E-state index in [1.54, 1.807) is 24.4 Å². The van der Waals surface area contributed by atoms with Crippen LogP contribution in [0.1, 0.15) is 20.3 Å². The van der Waals surface area contributed by atoms with Gasteiger partial charge >= 0.3 is 6.03 Å². The normalized spacial score (nSPS) is 18.0. The molecule has 1 N–H and O–H groups in total. The van der Waals surface area contributed by atoms with Crippen molar-refractivity contribution in [1.29, 1.82) is 0 Å². The average molecular weight is 293 g/mol. The van der Waals surface area contributed by atoms with Gasteiger partial charge in [0.05, 0.1) is 13.2 Å². The average Bonchev–Trinajstić information content (AvgIpc) is 2.95. The maximum Gasteiger partial charge on any atom is 0.317 e. The molecular weight excluding hydrogens is 270 g/mol. The van der Waals surface area contributed by atoms with Crippen LogP contribution in [-0.2, 0) is 0 Å². The Morgan fingerprint density at radius 3 is 2.86 bits per heavy atom. The van der Waals surface area contributed by atoms with E-state index >= 15 is 0 Å². The quantitative estimate of drug-likeness (QED) is 0.900. The van der Waals surface area contributed by atoms with E-state index in [1.165, 1.54) is 0 Å². The number of rotatable bonds is 4. The number of anilines is 1. The summed E-state index contributed by atoms with van der Waals surface area (Å²) in [4.78, 5) is 24.4. The van der Waals surface area contributed by atoms with Crippen LogP contribution >= 0.6 is 0 Å². The number of nitrogens with zero attached hydrogens (tertiary/aromatic N) is 4. The summed E-state index contributed by atoms with van der Waals surface area (Å²) in [6, 6.07) is 0.260. The number of likely N-dealkylation sites (N-methyl/N-ethyl adjacent to an activating group) is 1. The lowest BCUT2D eigenvalue weighted by Crippen LogP contribution is -2.46. The zero-order chi connectivity index (χ0) is 15.4. The van der Waals surface area contributed by atoms with Crippen molar-refractivity contribution in [1.82, 2.24) is 20.2 Å². The fourth-order valence-corrected chi connectivity index (χ4v) is 2.44. The number of ether oxygens (including phenoxy) is 1. The molecule has 7 heteroatoms. The van der Waals surface area contributed by atoms with Crippen molar-refractivity contribution in [2.24, 2.45) is 0 Å². The Bertz CT molecular complexity index is 494. The zero-order valence-electron chi connectivity index (χ0n) is 13.0. The molecule has 0 bridgehead atoms. The summed E-state index contributed by atoms with van der Waals surface area (Å²) in [6.07, 6.45) is 4.17.